The Kier molecular flexibility index (Phi) is 9.96. The third-order valence-corrected chi connectivity index (χ3v) is 7.90. The van der Waals surface area contributed by atoms with Crippen LogP contribution in [0.25, 0.3) is 0 Å². The Morgan fingerprint density at radius 3 is 2.52 bits per heavy atom. The molecule has 33 heavy (non-hydrogen) atoms. The van der Waals surface area contributed by atoms with Crippen molar-refractivity contribution in [2.24, 2.45) is 0 Å². The van der Waals surface area contributed by atoms with E-state index in [1.54, 1.807) is 11.0 Å². The Balaban J connectivity index is 1.71. The number of nitrogens with zero attached hydrogens (tertiary/aromatic N) is 1. The molecule has 0 saturated heterocycles. The van der Waals surface area contributed by atoms with Crippen LogP contribution < -0.4 is 5.32 Å². The predicted molar refractivity (Wildman–Crippen MR) is 139 cm³/mol. The second kappa shape index (κ2) is 12.7. The lowest BCUT2D eigenvalue weighted by Crippen LogP contribution is -2.51. The van der Waals surface area contributed by atoms with Crippen molar-refractivity contribution in [2.45, 2.75) is 70.3 Å². The lowest BCUT2D eigenvalue weighted by Gasteiger charge is -2.32. The van der Waals surface area contributed by atoms with Crippen molar-refractivity contribution in [3.05, 3.63) is 69.2 Å². The minimum absolute atomic E-state index is 0.0308. The van der Waals surface area contributed by atoms with Gasteiger partial charge in [-0.15, -0.1) is 11.8 Å². The van der Waals surface area contributed by atoms with Gasteiger partial charge in [-0.1, -0.05) is 73.3 Å². The first-order valence-corrected chi connectivity index (χ1v) is 13.5. The number of halogens is 2. The normalized spacial score (nSPS) is 14.8. The molecule has 1 unspecified atom stereocenters. The number of aryl methyl sites for hydroxylation is 1. The van der Waals surface area contributed by atoms with E-state index in [4.69, 9.17) is 23.2 Å². The summed E-state index contributed by atoms with van der Waals surface area (Å²) in [6, 6.07) is 13.3. The maximum Gasteiger partial charge on any atom is 0.243 e. The highest BCUT2D eigenvalue weighted by Crippen LogP contribution is 2.25. The van der Waals surface area contributed by atoms with Crippen LogP contribution in [0.15, 0.2) is 42.5 Å². The van der Waals surface area contributed by atoms with Gasteiger partial charge in [-0.05, 0) is 55.0 Å². The first-order valence-electron chi connectivity index (χ1n) is 11.5. The fourth-order valence-corrected chi connectivity index (χ4v) is 5.41. The lowest BCUT2D eigenvalue weighted by molar-refractivity contribution is -0.139. The highest BCUT2D eigenvalue weighted by molar-refractivity contribution is 7.99. The molecule has 0 heterocycles. The minimum Gasteiger partial charge on any atom is -0.352 e. The molecule has 1 fully saturated rings. The summed E-state index contributed by atoms with van der Waals surface area (Å²) in [5.74, 6) is 0.864. The number of nitrogens with one attached hydrogen (secondary N) is 1. The molecule has 178 valence electrons. The zero-order valence-electron chi connectivity index (χ0n) is 19.3. The van der Waals surface area contributed by atoms with E-state index in [1.165, 1.54) is 11.8 Å². The van der Waals surface area contributed by atoms with Crippen molar-refractivity contribution in [1.82, 2.24) is 10.2 Å². The number of carbonyl (C=O) groups excluding carboxylic acids is 2. The minimum atomic E-state index is -0.483. The van der Waals surface area contributed by atoms with Crippen LogP contribution in [0.5, 0.6) is 0 Å². The summed E-state index contributed by atoms with van der Waals surface area (Å²) in [4.78, 5) is 28.3. The van der Waals surface area contributed by atoms with E-state index in [-0.39, 0.29) is 17.9 Å². The van der Waals surface area contributed by atoms with Crippen LogP contribution in [0.1, 0.15) is 55.7 Å². The Bertz CT molecular complexity index is 963. The second-order valence-corrected chi connectivity index (χ2v) is 10.4. The summed E-state index contributed by atoms with van der Waals surface area (Å²) in [6.45, 7) is 4.44. The fourth-order valence-electron chi connectivity index (χ4n) is 4.23. The summed E-state index contributed by atoms with van der Waals surface area (Å²) in [6.07, 6.45) is 4.92. The molecule has 0 radical (unpaired) electrons. The molecule has 4 nitrogen and oxygen atoms in total. The van der Waals surface area contributed by atoms with Crippen LogP contribution in [0.3, 0.4) is 0 Å². The van der Waals surface area contributed by atoms with E-state index in [0.29, 0.717) is 34.5 Å². The monoisotopic (exact) mass is 506 g/mol. The lowest BCUT2D eigenvalue weighted by atomic mass is 10.1. The van der Waals surface area contributed by atoms with Gasteiger partial charge >= 0.3 is 0 Å². The van der Waals surface area contributed by atoms with Crippen LogP contribution in [-0.4, -0.2) is 34.6 Å². The summed E-state index contributed by atoms with van der Waals surface area (Å²) < 4.78 is 0. The van der Waals surface area contributed by atoms with E-state index in [9.17, 15) is 9.59 Å². The highest BCUT2D eigenvalue weighted by atomic mass is 35.5. The van der Waals surface area contributed by atoms with Crippen molar-refractivity contribution >= 4 is 46.8 Å². The van der Waals surface area contributed by atoms with Gasteiger partial charge in [0.05, 0.1) is 15.8 Å². The first-order chi connectivity index (χ1) is 15.9. The van der Waals surface area contributed by atoms with Gasteiger partial charge < -0.3 is 10.2 Å². The number of carbonyl (C=O) groups is 2. The number of benzene rings is 2. The first kappa shape index (κ1) is 25.9. The standard InChI is InChI=1S/C26H32Cl2N2O2S/c1-3-24(26(32)29-21-10-6-7-11-21)30(15-20-9-5-4-8-18(20)2)25(31)17-33-16-19-12-13-22(27)23(28)14-19/h4-5,8-9,12-14,21,24H,3,6-7,10-11,15-17H2,1-2H3,(H,29,32). The van der Waals surface area contributed by atoms with E-state index >= 15 is 0 Å². The second-order valence-electron chi connectivity index (χ2n) is 8.60. The Labute approximate surface area is 211 Å². The van der Waals surface area contributed by atoms with Gasteiger partial charge in [-0.25, -0.2) is 0 Å². The topological polar surface area (TPSA) is 49.4 Å². The zero-order valence-corrected chi connectivity index (χ0v) is 21.6. The van der Waals surface area contributed by atoms with Crippen molar-refractivity contribution in [1.29, 1.82) is 0 Å². The molecular formula is C26H32Cl2N2O2S. The largest absolute Gasteiger partial charge is 0.352 e. The molecule has 0 aliphatic heterocycles. The van der Waals surface area contributed by atoms with Crippen molar-refractivity contribution < 1.29 is 9.59 Å². The Hall–Kier alpha value is -1.69. The molecule has 0 aromatic heterocycles. The van der Waals surface area contributed by atoms with Gasteiger partial charge in [0.15, 0.2) is 0 Å². The molecule has 7 heteroatoms. The van der Waals surface area contributed by atoms with Gasteiger partial charge in [-0.3, -0.25) is 9.59 Å². The van der Waals surface area contributed by atoms with Gasteiger partial charge in [0.25, 0.3) is 0 Å². The molecule has 1 atom stereocenters. The van der Waals surface area contributed by atoms with Gasteiger partial charge in [0.1, 0.15) is 6.04 Å². The molecule has 2 amide bonds. The molecule has 1 saturated carbocycles. The van der Waals surface area contributed by atoms with E-state index in [0.717, 1.165) is 42.4 Å². The van der Waals surface area contributed by atoms with Crippen LogP contribution in [0.2, 0.25) is 10.0 Å². The number of rotatable bonds is 10. The summed E-state index contributed by atoms with van der Waals surface area (Å²) in [7, 11) is 0. The maximum absolute atomic E-state index is 13.4. The smallest absolute Gasteiger partial charge is 0.243 e. The van der Waals surface area contributed by atoms with Crippen molar-refractivity contribution in [3.63, 3.8) is 0 Å². The van der Waals surface area contributed by atoms with Crippen molar-refractivity contribution in [3.8, 4) is 0 Å². The Morgan fingerprint density at radius 1 is 1.12 bits per heavy atom. The average Bonchev–Trinajstić information content (AvgIpc) is 3.30. The molecule has 1 N–H and O–H groups in total. The number of hydrogen-bond acceptors (Lipinski definition) is 3. The zero-order chi connectivity index (χ0) is 23.8. The van der Waals surface area contributed by atoms with Gasteiger partial charge in [0, 0.05) is 18.3 Å². The summed E-state index contributed by atoms with van der Waals surface area (Å²) >= 11 is 13.6. The molecular weight excluding hydrogens is 475 g/mol. The number of thioether (sulfide) groups is 1. The quantitative estimate of drug-likeness (QED) is 0.405. The number of hydrogen-bond donors (Lipinski definition) is 1. The van der Waals surface area contributed by atoms with Crippen molar-refractivity contribution in [2.75, 3.05) is 5.75 Å². The van der Waals surface area contributed by atoms with Gasteiger partial charge in [-0.2, -0.15) is 0 Å². The molecule has 2 aromatic carbocycles. The van der Waals surface area contributed by atoms with E-state index < -0.39 is 6.04 Å². The van der Waals surface area contributed by atoms with Crippen LogP contribution in [0.4, 0.5) is 0 Å². The Morgan fingerprint density at radius 2 is 1.85 bits per heavy atom. The molecule has 0 spiro atoms. The molecule has 1 aliphatic carbocycles. The van der Waals surface area contributed by atoms with E-state index in [2.05, 4.69) is 5.32 Å². The third kappa shape index (κ3) is 7.40. The molecule has 0 bridgehead atoms. The molecule has 1 aliphatic rings. The van der Waals surface area contributed by atoms with Crippen LogP contribution in [0, 0.1) is 6.92 Å². The van der Waals surface area contributed by atoms with E-state index in [1.807, 2.05) is 50.2 Å². The maximum atomic E-state index is 13.4. The predicted octanol–water partition coefficient (Wildman–Crippen LogP) is 6.40. The third-order valence-electron chi connectivity index (χ3n) is 6.17. The van der Waals surface area contributed by atoms with Crippen LogP contribution in [-0.2, 0) is 21.9 Å². The van der Waals surface area contributed by atoms with Gasteiger partial charge in [0.2, 0.25) is 11.8 Å². The molecule has 2 aromatic rings. The molecule has 3 rings (SSSR count). The fraction of sp³-hybridized carbons (Fsp3) is 0.462. The van der Waals surface area contributed by atoms with Crippen LogP contribution >= 0.6 is 35.0 Å². The summed E-state index contributed by atoms with van der Waals surface area (Å²) in [5, 5.41) is 4.22. The highest BCUT2D eigenvalue weighted by Gasteiger charge is 2.30. The average molecular weight is 508 g/mol. The SMILES string of the molecule is CCC(C(=O)NC1CCCC1)N(Cc1ccccc1C)C(=O)CSCc1ccc(Cl)c(Cl)c1. The summed E-state index contributed by atoms with van der Waals surface area (Å²) in [5.41, 5.74) is 3.19. The number of amides is 2.